The number of carbonyl (C=O) groups excluding carboxylic acids is 1. The molecule has 2 heterocycles. The second-order valence-electron chi connectivity index (χ2n) is 5.87. The molecule has 0 saturated heterocycles. The first kappa shape index (κ1) is 20.6. The highest BCUT2D eigenvalue weighted by Gasteiger charge is 2.19. The van der Waals surface area contributed by atoms with Gasteiger partial charge in [0.2, 0.25) is 5.91 Å². The Bertz CT molecular complexity index is 1270. The van der Waals surface area contributed by atoms with Gasteiger partial charge in [-0.05, 0) is 12.1 Å². The second kappa shape index (κ2) is 8.60. The molecule has 0 bridgehead atoms. The number of fused-ring (bicyclic) bond motifs is 1. The zero-order valence-electron chi connectivity index (χ0n) is 14.8. The molecule has 2 aromatic carbocycles. The lowest BCUT2D eigenvalue weighted by atomic mass is 10.2. The predicted molar refractivity (Wildman–Crippen MR) is 118 cm³/mol. The number of benzene rings is 2. The number of nitro benzene ring substituents is 1. The number of rotatable bonds is 6. The third-order valence-electron chi connectivity index (χ3n) is 3.90. The number of nitrogens with one attached hydrogen (secondary N) is 1. The van der Waals surface area contributed by atoms with Crippen LogP contribution in [0.15, 0.2) is 52.1 Å². The fourth-order valence-corrected chi connectivity index (χ4v) is 4.71. The number of halogens is 2. The van der Waals surface area contributed by atoms with Crippen molar-refractivity contribution in [1.82, 2.24) is 10.2 Å². The van der Waals surface area contributed by atoms with E-state index in [4.69, 9.17) is 27.6 Å². The van der Waals surface area contributed by atoms with E-state index in [2.05, 4.69) is 15.5 Å². The fourth-order valence-electron chi connectivity index (χ4n) is 2.55. The van der Waals surface area contributed by atoms with Crippen molar-refractivity contribution in [3.8, 4) is 10.8 Å². The minimum Gasteiger partial charge on any atom is -0.410 e. The molecule has 0 spiro atoms. The standard InChI is InChI=1S/C18H10Cl2N4O4S2/c19-11-6-5-9(24(26)27)7-12(11)21-14(25)8-29-18-23-22-17(28-18)16-15(20)10-3-1-2-4-13(10)30-16/h1-7H,8H2,(H,21,25). The summed E-state index contributed by atoms with van der Waals surface area (Å²) in [6.45, 7) is 0. The van der Waals surface area contributed by atoms with Crippen LogP contribution in [0.25, 0.3) is 20.9 Å². The van der Waals surface area contributed by atoms with Crippen LogP contribution in [-0.2, 0) is 4.79 Å². The van der Waals surface area contributed by atoms with Crippen molar-refractivity contribution in [1.29, 1.82) is 0 Å². The van der Waals surface area contributed by atoms with Crippen LogP contribution in [0.5, 0.6) is 0 Å². The Hall–Kier alpha value is -2.66. The molecule has 0 saturated carbocycles. The van der Waals surface area contributed by atoms with Gasteiger partial charge in [0, 0.05) is 22.2 Å². The molecule has 8 nitrogen and oxygen atoms in total. The van der Waals surface area contributed by atoms with E-state index in [1.807, 2.05) is 24.3 Å². The van der Waals surface area contributed by atoms with Gasteiger partial charge in [-0.2, -0.15) is 0 Å². The third kappa shape index (κ3) is 4.26. The van der Waals surface area contributed by atoms with Gasteiger partial charge in [-0.25, -0.2) is 0 Å². The average Bonchev–Trinajstić information content (AvgIpc) is 3.33. The molecule has 0 atom stereocenters. The summed E-state index contributed by atoms with van der Waals surface area (Å²) in [5, 5.41) is 23.2. The molecule has 0 aliphatic rings. The summed E-state index contributed by atoms with van der Waals surface area (Å²) in [7, 11) is 0. The van der Waals surface area contributed by atoms with Crippen LogP contribution in [0.1, 0.15) is 0 Å². The number of amides is 1. The molecule has 4 aromatic rings. The minimum absolute atomic E-state index is 0.0548. The Balaban J connectivity index is 1.43. The number of thioether (sulfide) groups is 1. The minimum atomic E-state index is -0.570. The van der Waals surface area contributed by atoms with Crippen molar-refractivity contribution < 1.29 is 14.1 Å². The first-order valence-corrected chi connectivity index (χ1v) is 10.9. The normalized spacial score (nSPS) is 11.0. The zero-order valence-corrected chi connectivity index (χ0v) is 17.9. The molecule has 30 heavy (non-hydrogen) atoms. The van der Waals surface area contributed by atoms with E-state index in [0.29, 0.717) is 9.90 Å². The van der Waals surface area contributed by atoms with Crippen LogP contribution in [-0.4, -0.2) is 26.8 Å². The molecule has 1 N–H and O–H groups in total. The van der Waals surface area contributed by atoms with Crippen molar-refractivity contribution in [2.24, 2.45) is 0 Å². The van der Waals surface area contributed by atoms with Crippen molar-refractivity contribution in [2.45, 2.75) is 5.22 Å². The summed E-state index contributed by atoms with van der Waals surface area (Å²) >= 11 is 14.9. The monoisotopic (exact) mass is 480 g/mol. The maximum absolute atomic E-state index is 12.2. The Morgan fingerprint density at radius 1 is 1.23 bits per heavy atom. The first-order valence-electron chi connectivity index (χ1n) is 8.30. The molecule has 0 aliphatic heterocycles. The maximum Gasteiger partial charge on any atom is 0.277 e. The maximum atomic E-state index is 12.2. The van der Waals surface area contributed by atoms with Crippen LogP contribution in [0.3, 0.4) is 0 Å². The number of anilines is 1. The smallest absolute Gasteiger partial charge is 0.277 e. The Morgan fingerprint density at radius 2 is 2.03 bits per heavy atom. The topological polar surface area (TPSA) is 111 Å². The highest BCUT2D eigenvalue weighted by atomic mass is 35.5. The van der Waals surface area contributed by atoms with Crippen LogP contribution in [0.2, 0.25) is 10.0 Å². The first-order chi connectivity index (χ1) is 14.4. The molecule has 152 valence electrons. The molecule has 0 radical (unpaired) electrons. The summed E-state index contributed by atoms with van der Waals surface area (Å²) < 4.78 is 6.62. The molecule has 4 rings (SSSR count). The number of aromatic nitrogens is 2. The lowest BCUT2D eigenvalue weighted by molar-refractivity contribution is -0.384. The van der Waals surface area contributed by atoms with E-state index >= 15 is 0 Å². The van der Waals surface area contributed by atoms with Gasteiger partial charge in [-0.3, -0.25) is 14.9 Å². The van der Waals surface area contributed by atoms with Gasteiger partial charge in [0.1, 0.15) is 4.88 Å². The number of thiophene rings is 1. The van der Waals surface area contributed by atoms with Gasteiger partial charge in [0.05, 0.1) is 26.4 Å². The largest absolute Gasteiger partial charge is 0.410 e. The number of non-ortho nitro benzene ring substituents is 1. The molecule has 2 aromatic heterocycles. The van der Waals surface area contributed by atoms with Crippen LogP contribution in [0.4, 0.5) is 11.4 Å². The third-order valence-corrected chi connectivity index (χ3v) is 6.71. The van der Waals surface area contributed by atoms with E-state index in [9.17, 15) is 14.9 Å². The van der Waals surface area contributed by atoms with Gasteiger partial charge in [0.25, 0.3) is 16.8 Å². The van der Waals surface area contributed by atoms with E-state index in [1.54, 1.807) is 0 Å². The van der Waals surface area contributed by atoms with Gasteiger partial charge >= 0.3 is 0 Å². The van der Waals surface area contributed by atoms with Crippen LogP contribution < -0.4 is 5.32 Å². The van der Waals surface area contributed by atoms with Crippen LogP contribution in [0, 0.1) is 10.1 Å². The Morgan fingerprint density at radius 3 is 2.80 bits per heavy atom. The zero-order chi connectivity index (χ0) is 21.3. The molecular weight excluding hydrogens is 471 g/mol. The van der Waals surface area contributed by atoms with E-state index in [0.717, 1.165) is 21.8 Å². The molecule has 0 fully saturated rings. The summed E-state index contributed by atoms with van der Waals surface area (Å²) in [4.78, 5) is 23.2. The van der Waals surface area contributed by atoms with Crippen molar-refractivity contribution in [3.63, 3.8) is 0 Å². The Labute approximate surface area is 187 Å². The molecule has 12 heteroatoms. The van der Waals surface area contributed by atoms with Gasteiger partial charge in [0.15, 0.2) is 0 Å². The second-order valence-corrected chi connectivity index (χ2v) is 8.64. The molecule has 0 aliphatic carbocycles. The summed E-state index contributed by atoms with van der Waals surface area (Å²) in [5.41, 5.74) is -0.0242. The number of hydrogen-bond donors (Lipinski definition) is 1. The van der Waals surface area contributed by atoms with Crippen molar-refractivity contribution >= 4 is 73.7 Å². The predicted octanol–water partition coefficient (Wildman–Crippen LogP) is 5.90. The summed E-state index contributed by atoms with van der Waals surface area (Å²) in [6, 6.07) is 11.5. The molecule has 1 amide bonds. The van der Waals surface area contributed by atoms with E-state index in [-0.39, 0.29) is 33.3 Å². The lowest BCUT2D eigenvalue weighted by Crippen LogP contribution is -2.14. The molecular formula is C18H10Cl2N4O4S2. The van der Waals surface area contributed by atoms with Gasteiger partial charge in [-0.1, -0.05) is 53.2 Å². The number of nitro groups is 1. The summed E-state index contributed by atoms with van der Waals surface area (Å²) in [5.74, 6) is -0.214. The SMILES string of the molecule is O=C(CSc1nnc(-c2sc3ccccc3c2Cl)o1)Nc1cc([N+](=O)[O-])ccc1Cl. The molecule has 0 unspecified atom stereocenters. The number of carbonyl (C=O) groups is 1. The number of nitrogens with zero attached hydrogens (tertiary/aromatic N) is 3. The fraction of sp³-hybridized carbons (Fsp3) is 0.0556. The summed E-state index contributed by atoms with van der Waals surface area (Å²) in [6.07, 6.45) is 0. The van der Waals surface area contributed by atoms with E-state index < -0.39 is 10.8 Å². The van der Waals surface area contributed by atoms with Crippen LogP contribution >= 0.6 is 46.3 Å². The van der Waals surface area contributed by atoms with Gasteiger partial charge < -0.3 is 9.73 Å². The quantitative estimate of drug-likeness (QED) is 0.207. The Kier molecular flexibility index (Phi) is 5.91. The highest BCUT2D eigenvalue weighted by molar-refractivity contribution is 7.99. The average molecular weight is 481 g/mol. The lowest BCUT2D eigenvalue weighted by Gasteiger charge is -2.06. The van der Waals surface area contributed by atoms with Crippen molar-refractivity contribution in [3.05, 3.63) is 62.6 Å². The van der Waals surface area contributed by atoms with E-state index in [1.165, 1.54) is 29.5 Å². The van der Waals surface area contributed by atoms with Gasteiger partial charge in [-0.15, -0.1) is 21.5 Å². The van der Waals surface area contributed by atoms with Crippen molar-refractivity contribution in [2.75, 3.05) is 11.1 Å². The highest BCUT2D eigenvalue weighted by Crippen LogP contribution is 2.41. The number of hydrogen-bond acceptors (Lipinski definition) is 8.